The quantitative estimate of drug-likeness (QED) is 0.556. The number of thiazole rings is 1. The summed E-state index contributed by atoms with van der Waals surface area (Å²) in [6, 6.07) is 15.5. The molecule has 0 unspecified atom stereocenters. The van der Waals surface area contributed by atoms with Gasteiger partial charge in [-0.25, -0.2) is 0 Å². The summed E-state index contributed by atoms with van der Waals surface area (Å²) in [6.45, 7) is 2.12. The van der Waals surface area contributed by atoms with Gasteiger partial charge in [-0.05, 0) is 35.8 Å². The normalized spacial score (nSPS) is 12.2. The average molecular weight is 368 g/mol. The molecule has 6 heteroatoms. The van der Waals surface area contributed by atoms with Gasteiger partial charge in [-0.3, -0.25) is 4.79 Å². The van der Waals surface area contributed by atoms with Crippen molar-refractivity contribution in [3.8, 4) is 11.4 Å². The molecule has 0 aliphatic heterocycles. The molecule has 4 rings (SSSR count). The maximum atomic E-state index is 12.6. The summed E-state index contributed by atoms with van der Waals surface area (Å²) in [5.74, 6) is 0.504. The van der Waals surface area contributed by atoms with Crippen LogP contribution in [0.2, 0.25) is 5.02 Å². The highest BCUT2D eigenvalue weighted by Gasteiger charge is 2.12. The Morgan fingerprint density at radius 2 is 2.00 bits per heavy atom. The SMILES string of the molecule is CCc1ccc(/C=c2\sc3nc(-c4cccc(Cl)c4)nn3c2=O)cc1. The van der Waals surface area contributed by atoms with Crippen molar-refractivity contribution >= 4 is 34.0 Å². The second kappa shape index (κ2) is 6.43. The molecule has 4 aromatic rings. The van der Waals surface area contributed by atoms with Crippen molar-refractivity contribution in [2.24, 2.45) is 0 Å². The van der Waals surface area contributed by atoms with E-state index in [-0.39, 0.29) is 5.56 Å². The minimum Gasteiger partial charge on any atom is -0.266 e. The molecule has 0 N–H and O–H groups in total. The zero-order valence-corrected chi connectivity index (χ0v) is 15.0. The van der Waals surface area contributed by atoms with E-state index in [1.54, 1.807) is 12.1 Å². The summed E-state index contributed by atoms with van der Waals surface area (Å²) in [6.07, 6.45) is 2.87. The van der Waals surface area contributed by atoms with Crippen LogP contribution in [-0.4, -0.2) is 14.6 Å². The fraction of sp³-hybridized carbons (Fsp3) is 0.105. The molecule has 2 aromatic heterocycles. The Morgan fingerprint density at radius 3 is 2.68 bits per heavy atom. The molecule has 2 aromatic carbocycles. The molecule has 0 atom stereocenters. The Labute approximate surface area is 153 Å². The number of benzene rings is 2. The number of halogens is 1. The van der Waals surface area contributed by atoms with Gasteiger partial charge in [0, 0.05) is 10.6 Å². The average Bonchev–Trinajstić information content (AvgIpc) is 3.16. The Hall–Kier alpha value is -2.50. The summed E-state index contributed by atoms with van der Waals surface area (Å²) >= 11 is 7.35. The molecule has 2 heterocycles. The first kappa shape index (κ1) is 16.0. The Kier molecular flexibility index (Phi) is 4.11. The van der Waals surface area contributed by atoms with Gasteiger partial charge < -0.3 is 0 Å². The summed E-state index contributed by atoms with van der Waals surface area (Å²) in [5.41, 5.74) is 2.91. The molecule has 124 valence electrons. The Bertz CT molecular complexity index is 1160. The smallest absolute Gasteiger partial charge is 0.266 e. The second-order valence-electron chi connectivity index (χ2n) is 5.65. The van der Waals surface area contributed by atoms with Gasteiger partial charge in [0.2, 0.25) is 4.96 Å². The molecule has 0 radical (unpaired) electrons. The van der Waals surface area contributed by atoms with E-state index in [9.17, 15) is 4.79 Å². The predicted molar refractivity (Wildman–Crippen MR) is 102 cm³/mol. The number of nitrogens with zero attached hydrogens (tertiary/aromatic N) is 3. The number of aromatic nitrogens is 3. The molecule has 0 aliphatic carbocycles. The van der Waals surface area contributed by atoms with Gasteiger partial charge in [0.1, 0.15) is 0 Å². The molecular formula is C19H14ClN3OS. The minimum atomic E-state index is -0.152. The molecule has 0 fully saturated rings. The first-order chi connectivity index (χ1) is 12.1. The largest absolute Gasteiger partial charge is 0.291 e. The van der Waals surface area contributed by atoms with Crippen molar-refractivity contribution in [3.05, 3.63) is 79.6 Å². The van der Waals surface area contributed by atoms with Crippen molar-refractivity contribution < 1.29 is 0 Å². The van der Waals surface area contributed by atoms with Gasteiger partial charge in [0.15, 0.2) is 5.82 Å². The van der Waals surface area contributed by atoms with E-state index < -0.39 is 0 Å². The number of rotatable bonds is 3. The number of aryl methyl sites for hydroxylation is 1. The predicted octanol–water partition coefficient (Wildman–Crippen LogP) is 3.58. The van der Waals surface area contributed by atoms with Crippen LogP contribution in [0, 0.1) is 0 Å². The Balaban J connectivity index is 1.77. The van der Waals surface area contributed by atoms with Crippen LogP contribution in [0.3, 0.4) is 0 Å². The molecule has 0 saturated carbocycles. The van der Waals surface area contributed by atoms with Gasteiger partial charge in [-0.2, -0.15) is 9.50 Å². The van der Waals surface area contributed by atoms with E-state index in [0.29, 0.717) is 20.3 Å². The Morgan fingerprint density at radius 1 is 1.20 bits per heavy atom. The summed E-state index contributed by atoms with van der Waals surface area (Å²) < 4.78 is 1.98. The van der Waals surface area contributed by atoms with Crippen molar-refractivity contribution in [1.82, 2.24) is 14.6 Å². The van der Waals surface area contributed by atoms with E-state index in [2.05, 4.69) is 29.1 Å². The van der Waals surface area contributed by atoms with Gasteiger partial charge in [0.25, 0.3) is 5.56 Å². The lowest BCUT2D eigenvalue weighted by atomic mass is 10.1. The number of hydrogen-bond donors (Lipinski definition) is 0. The molecule has 0 bridgehead atoms. The molecule has 0 saturated heterocycles. The lowest BCUT2D eigenvalue weighted by Gasteiger charge is -1.96. The molecule has 0 aliphatic rings. The van der Waals surface area contributed by atoms with Crippen LogP contribution in [0.15, 0.2) is 53.3 Å². The lowest BCUT2D eigenvalue weighted by molar-refractivity contribution is 0.937. The molecule has 0 amide bonds. The van der Waals surface area contributed by atoms with Crippen LogP contribution in [0.1, 0.15) is 18.1 Å². The maximum Gasteiger partial charge on any atom is 0.291 e. The molecule has 4 nitrogen and oxygen atoms in total. The summed E-state index contributed by atoms with van der Waals surface area (Å²) in [5, 5.41) is 4.95. The first-order valence-electron chi connectivity index (χ1n) is 7.90. The van der Waals surface area contributed by atoms with Crippen molar-refractivity contribution in [3.63, 3.8) is 0 Å². The standard InChI is InChI=1S/C19H14ClN3OS/c1-2-12-6-8-13(9-7-12)10-16-18(24)23-19(25-16)21-17(22-23)14-4-3-5-15(20)11-14/h3-11H,2H2,1H3/b16-10-. The summed E-state index contributed by atoms with van der Waals surface area (Å²) in [7, 11) is 0. The van der Waals surface area contributed by atoms with Crippen LogP contribution in [-0.2, 0) is 6.42 Å². The highest BCUT2D eigenvalue weighted by Crippen LogP contribution is 2.20. The fourth-order valence-corrected chi connectivity index (χ4v) is 3.68. The highest BCUT2D eigenvalue weighted by molar-refractivity contribution is 7.15. The van der Waals surface area contributed by atoms with E-state index >= 15 is 0 Å². The molecule has 25 heavy (non-hydrogen) atoms. The monoisotopic (exact) mass is 367 g/mol. The van der Waals surface area contributed by atoms with Crippen LogP contribution in [0.25, 0.3) is 22.4 Å². The molecule has 0 spiro atoms. The third-order valence-electron chi connectivity index (χ3n) is 3.95. The van der Waals surface area contributed by atoms with E-state index in [1.807, 2.05) is 30.3 Å². The van der Waals surface area contributed by atoms with Crippen molar-refractivity contribution in [1.29, 1.82) is 0 Å². The van der Waals surface area contributed by atoms with Crippen molar-refractivity contribution in [2.45, 2.75) is 13.3 Å². The van der Waals surface area contributed by atoms with Crippen molar-refractivity contribution in [2.75, 3.05) is 0 Å². The van der Waals surface area contributed by atoms with Crippen LogP contribution in [0.4, 0.5) is 0 Å². The van der Waals surface area contributed by atoms with Crippen LogP contribution >= 0.6 is 22.9 Å². The third kappa shape index (κ3) is 3.08. The zero-order chi connectivity index (χ0) is 17.4. The topological polar surface area (TPSA) is 47.3 Å². The summed E-state index contributed by atoms with van der Waals surface area (Å²) in [4.78, 5) is 17.6. The minimum absolute atomic E-state index is 0.152. The van der Waals surface area contributed by atoms with Gasteiger partial charge in [0.05, 0.1) is 4.53 Å². The van der Waals surface area contributed by atoms with Crippen LogP contribution < -0.4 is 10.1 Å². The number of fused-ring (bicyclic) bond motifs is 1. The third-order valence-corrected chi connectivity index (χ3v) is 5.14. The van der Waals surface area contributed by atoms with Gasteiger partial charge >= 0.3 is 0 Å². The number of hydrogen-bond acceptors (Lipinski definition) is 4. The zero-order valence-electron chi connectivity index (χ0n) is 13.4. The van der Waals surface area contributed by atoms with E-state index in [4.69, 9.17) is 11.6 Å². The van der Waals surface area contributed by atoms with Gasteiger partial charge in [-0.1, -0.05) is 66.3 Å². The van der Waals surface area contributed by atoms with E-state index in [1.165, 1.54) is 21.4 Å². The lowest BCUT2D eigenvalue weighted by Crippen LogP contribution is -2.23. The van der Waals surface area contributed by atoms with Gasteiger partial charge in [-0.15, -0.1) is 5.10 Å². The fourth-order valence-electron chi connectivity index (χ4n) is 2.58. The van der Waals surface area contributed by atoms with Crippen LogP contribution in [0.5, 0.6) is 0 Å². The maximum absolute atomic E-state index is 12.6. The second-order valence-corrected chi connectivity index (χ2v) is 7.10. The first-order valence-corrected chi connectivity index (χ1v) is 9.09. The molecular weight excluding hydrogens is 354 g/mol. The van der Waals surface area contributed by atoms with E-state index in [0.717, 1.165) is 17.5 Å². The highest BCUT2D eigenvalue weighted by atomic mass is 35.5.